The molecule has 0 saturated carbocycles. The number of hydrogen-bond acceptors (Lipinski definition) is 8. The molecule has 2 aliphatic rings. The Balaban J connectivity index is 1.37. The van der Waals surface area contributed by atoms with Crippen LogP contribution in [0, 0.1) is 16.0 Å². The van der Waals surface area contributed by atoms with Crippen molar-refractivity contribution in [2.45, 2.75) is 19.8 Å². The Morgan fingerprint density at radius 1 is 0.814 bits per heavy atom. The summed E-state index contributed by atoms with van der Waals surface area (Å²) in [6, 6.07) is 18.5. The average molecular weight is 586 g/mol. The van der Waals surface area contributed by atoms with Crippen LogP contribution in [0.1, 0.15) is 50.8 Å². The molecule has 0 radical (unpaired) electrons. The van der Waals surface area contributed by atoms with Gasteiger partial charge in [-0.25, -0.2) is 4.79 Å². The second-order valence-electron chi connectivity index (χ2n) is 11.0. The minimum Gasteiger partial charge on any atom is -0.465 e. The van der Waals surface area contributed by atoms with Gasteiger partial charge in [-0.1, -0.05) is 25.1 Å². The average Bonchev–Trinajstić information content (AvgIpc) is 3.04. The maximum Gasteiger partial charge on any atom is 0.337 e. The van der Waals surface area contributed by atoms with Crippen LogP contribution in [0.3, 0.4) is 0 Å². The Morgan fingerprint density at radius 3 is 2.09 bits per heavy atom. The number of ether oxygens (including phenoxy) is 1. The summed E-state index contributed by atoms with van der Waals surface area (Å²) >= 11 is 0. The first-order chi connectivity index (χ1) is 20.7. The number of piperidine rings is 1. The van der Waals surface area contributed by atoms with Crippen LogP contribution in [0.2, 0.25) is 0 Å². The monoisotopic (exact) mass is 585 g/mol. The molecule has 2 heterocycles. The van der Waals surface area contributed by atoms with Gasteiger partial charge in [0.25, 0.3) is 17.5 Å². The molecule has 5 rings (SSSR count). The molecular weight excluding hydrogens is 550 g/mol. The number of benzene rings is 3. The predicted molar refractivity (Wildman–Crippen MR) is 164 cm³/mol. The van der Waals surface area contributed by atoms with E-state index in [1.807, 2.05) is 28.0 Å². The number of nitrogens with one attached hydrogen (secondary N) is 1. The van der Waals surface area contributed by atoms with Crippen LogP contribution in [0.4, 0.5) is 22.7 Å². The number of amides is 2. The standard InChI is InChI=1S/C32H35N5O6/c1-22-12-14-34(15-13-22)28-11-8-24(21-29(28)37(41)42)30(38)33-26-20-25(32(40)43-2)9-10-27(26)35-16-18-36(19-17-35)31(39)23-6-4-3-5-7-23/h3-11,20-22H,12-19H2,1-2H3,(H,33,38). The van der Waals surface area contributed by atoms with Crippen LogP contribution in [0.5, 0.6) is 0 Å². The normalized spacial score (nSPS) is 15.6. The maximum atomic E-state index is 13.5. The Morgan fingerprint density at radius 2 is 1.44 bits per heavy atom. The fourth-order valence-electron chi connectivity index (χ4n) is 5.59. The molecule has 2 aliphatic heterocycles. The predicted octanol–water partition coefficient (Wildman–Crippen LogP) is 4.83. The van der Waals surface area contributed by atoms with Crippen molar-refractivity contribution >= 4 is 40.5 Å². The molecule has 1 N–H and O–H groups in total. The van der Waals surface area contributed by atoms with E-state index in [-0.39, 0.29) is 22.7 Å². The lowest BCUT2D eigenvalue weighted by atomic mass is 9.98. The van der Waals surface area contributed by atoms with E-state index < -0.39 is 16.8 Å². The lowest BCUT2D eigenvalue weighted by Crippen LogP contribution is -2.49. The summed E-state index contributed by atoms with van der Waals surface area (Å²) in [6.07, 6.45) is 1.90. The molecule has 2 fully saturated rings. The molecule has 0 unspecified atom stereocenters. The highest BCUT2D eigenvalue weighted by molar-refractivity contribution is 6.07. The second-order valence-corrected chi connectivity index (χ2v) is 11.0. The van der Waals surface area contributed by atoms with Crippen LogP contribution in [0.15, 0.2) is 66.7 Å². The van der Waals surface area contributed by atoms with Gasteiger partial charge in [-0.2, -0.15) is 0 Å². The number of nitrogens with zero attached hydrogens (tertiary/aromatic N) is 4. The van der Waals surface area contributed by atoms with Gasteiger partial charge in [0.2, 0.25) is 0 Å². The highest BCUT2D eigenvalue weighted by atomic mass is 16.6. The van der Waals surface area contributed by atoms with Gasteiger partial charge in [0, 0.05) is 56.5 Å². The highest BCUT2D eigenvalue weighted by Gasteiger charge is 2.27. The van der Waals surface area contributed by atoms with Crippen molar-refractivity contribution in [1.82, 2.24) is 4.90 Å². The molecule has 0 atom stereocenters. The van der Waals surface area contributed by atoms with Crippen LogP contribution in [0.25, 0.3) is 0 Å². The van der Waals surface area contributed by atoms with Gasteiger partial charge in [0.15, 0.2) is 0 Å². The Hall–Kier alpha value is -4.93. The van der Waals surface area contributed by atoms with Crippen molar-refractivity contribution in [1.29, 1.82) is 0 Å². The van der Waals surface area contributed by atoms with Gasteiger partial charge in [-0.15, -0.1) is 0 Å². The number of carbonyl (C=O) groups excluding carboxylic acids is 3. The molecule has 0 aliphatic carbocycles. The fourth-order valence-corrected chi connectivity index (χ4v) is 5.59. The van der Waals surface area contributed by atoms with E-state index >= 15 is 0 Å². The number of rotatable bonds is 7. The molecule has 2 amide bonds. The van der Waals surface area contributed by atoms with E-state index in [0.29, 0.717) is 54.7 Å². The van der Waals surface area contributed by atoms with Crippen molar-refractivity contribution < 1.29 is 24.0 Å². The highest BCUT2D eigenvalue weighted by Crippen LogP contribution is 2.34. The molecule has 224 valence electrons. The van der Waals surface area contributed by atoms with Crippen LogP contribution < -0.4 is 15.1 Å². The van der Waals surface area contributed by atoms with Gasteiger partial charge < -0.3 is 24.8 Å². The van der Waals surface area contributed by atoms with Crippen molar-refractivity contribution in [3.8, 4) is 0 Å². The van der Waals surface area contributed by atoms with Gasteiger partial charge in [-0.3, -0.25) is 19.7 Å². The SMILES string of the molecule is COC(=O)c1ccc(N2CCN(C(=O)c3ccccc3)CC2)c(NC(=O)c2ccc(N3CCC(C)CC3)c([N+](=O)[O-])c2)c1. The third-order valence-corrected chi connectivity index (χ3v) is 8.15. The van der Waals surface area contributed by atoms with Crippen molar-refractivity contribution in [2.75, 3.05) is 61.5 Å². The zero-order valence-corrected chi connectivity index (χ0v) is 24.3. The maximum absolute atomic E-state index is 13.5. The molecule has 0 bridgehead atoms. The Labute approximate surface area is 250 Å². The summed E-state index contributed by atoms with van der Waals surface area (Å²) in [6.45, 7) is 5.59. The number of esters is 1. The topological polar surface area (TPSA) is 125 Å². The zero-order chi connectivity index (χ0) is 30.5. The van der Waals surface area contributed by atoms with E-state index in [2.05, 4.69) is 12.2 Å². The van der Waals surface area contributed by atoms with Crippen molar-refractivity contribution in [3.05, 3.63) is 93.5 Å². The molecule has 3 aromatic carbocycles. The third kappa shape index (κ3) is 6.61. The molecule has 11 nitrogen and oxygen atoms in total. The van der Waals surface area contributed by atoms with Crippen molar-refractivity contribution in [2.24, 2.45) is 5.92 Å². The minimum atomic E-state index is -0.559. The summed E-state index contributed by atoms with van der Waals surface area (Å²) in [5, 5.41) is 14.9. The summed E-state index contributed by atoms with van der Waals surface area (Å²) < 4.78 is 4.88. The summed E-state index contributed by atoms with van der Waals surface area (Å²) in [7, 11) is 1.28. The molecule has 0 aromatic heterocycles. The number of anilines is 3. The number of hydrogen-bond donors (Lipinski definition) is 1. The Kier molecular flexibility index (Phi) is 8.89. The molecule has 2 saturated heterocycles. The zero-order valence-electron chi connectivity index (χ0n) is 24.3. The molecule has 0 spiro atoms. The van der Waals surface area contributed by atoms with E-state index in [1.54, 1.807) is 41.3 Å². The van der Waals surface area contributed by atoms with Gasteiger partial charge in [-0.05, 0) is 61.2 Å². The number of piperazine rings is 1. The molecule has 43 heavy (non-hydrogen) atoms. The summed E-state index contributed by atoms with van der Waals surface area (Å²) in [4.78, 5) is 56.1. The lowest BCUT2D eigenvalue weighted by Gasteiger charge is -2.37. The fraction of sp³-hybridized carbons (Fsp3) is 0.344. The number of nitro benzene ring substituents is 1. The molecule has 3 aromatic rings. The van der Waals surface area contributed by atoms with Crippen LogP contribution in [-0.4, -0.2) is 74.0 Å². The quantitative estimate of drug-likeness (QED) is 0.237. The van der Waals surface area contributed by atoms with E-state index in [1.165, 1.54) is 19.2 Å². The van der Waals surface area contributed by atoms with Gasteiger partial charge >= 0.3 is 5.97 Å². The van der Waals surface area contributed by atoms with Crippen LogP contribution in [-0.2, 0) is 4.74 Å². The largest absolute Gasteiger partial charge is 0.465 e. The number of nitro groups is 1. The first-order valence-corrected chi connectivity index (χ1v) is 14.4. The lowest BCUT2D eigenvalue weighted by molar-refractivity contribution is -0.384. The van der Waals surface area contributed by atoms with Gasteiger partial charge in [0.1, 0.15) is 5.69 Å². The van der Waals surface area contributed by atoms with Crippen LogP contribution >= 0.6 is 0 Å². The van der Waals surface area contributed by atoms with E-state index in [4.69, 9.17) is 4.74 Å². The smallest absolute Gasteiger partial charge is 0.337 e. The molecule has 11 heteroatoms. The first-order valence-electron chi connectivity index (χ1n) is 14.4. The van der Waals surface area contributed by atoms with Crippen molar-refractivity contribution in [3.63, 3.8) is 0 Å². The number of carbonyl (C=O) groups is 3. The number of methoxy groups -OCH3 is 1. The van der Waals surface area contributed by atoms with E-state index in [0.717, 1.165) is 25.9 Å². The Bertz CT molecular complexity index is 1510. The third-order valence-electron chi connectivity index (χ3n) is 8.15. The van der Waals surface area contributed by atoms with E-state index in [9.17, 15) is 24.5 Å². The molecular formula is C32H35N5O6. The van der Waals surface area contributed by atoms with Gasteiger partial charge in [0.05, 0.1) is 29.0 Å². The second kappa shape index (κ2) is 12.9. The first kappa shape index (κ1) is 29.6. The minimum absolute atomic E-state index is 0.0427. The summed E-state index contributed by atoms with van der Waals surface area (Å²) in [5.74, 6) is -0.569. The summed E-state index contributed by atoms with van der Waals surface area (Å²) in [5.41, 5.74) is 2.43.